The van der Waals surface area contributed by atoms with Crippen LogP contribution >= 0.6 is 11.3 Å². The Morgan fingerprint density at radius 1 is 1.24 bits per heavy atom. The number of sulfonamides is 1. The van der Waals surface area contributed by atoms with Crippen molar-refractivity contribution >= 4 is 27.0 Å². The monoisotopic (exact) mass is 393 g/mol. The number of nitrogens with two attached hydrogens (primary N) is 1. The van der Waals surface area contributed by atoms with Crippen LogP contribution in [0.5, 0.6) is 0 Å². The van der Waals surface area contributed by atoms with E-state index in [4.69, 9.17) is 5.14 Å². The third-order valence-electron chi connectivity index (χ3n) is 3.45. The maximum absolute atomic E-state index is 13.2. The first-order chi connectivity index (χ1) is 11.4. The van der Waals surface area contributed by atoms with Crippen LogP contribution < -0.4 is 10.5 Å². The van der Waals surface area contributed by atoms with Gasteiger partial charge in [0, 0.05) is 17.0 Å². The fourth-order valence-corrected chi connectivity index (χ4v) is 3.85. The maximum Gasteiger partial charge on any atom is 0.417 e. The summed E-state index contributed by atoms with van der Waals surface area (Å²) in [5.41, 5.74) is -0.461. The molecule has 0 aliphatic rings. The van der Waals surface area contributed by atoms with Gasteiger partial charge in [-0.05, 0) is 25.1 Å². The van der Waals surface area contributed by atoms with Crippen LogP contribution in [-0.4, -0.2) is 13.4 Å². The smallest absolute Gasteiger partial charge is 0.377 e. The molecule has 5 nitrogen and oxygen atoms in total. The topological polar surface area (TPSA) is 85.1 Å². The highest BCUT2D eigenvalue weighted by Crippen LogP contribution is 2.36. The predicted molar refractivity (Wildman–Crippen MR) is 91.1 cm³/mol. The third kappa shape index (κ3) is 4.71. The van der Waals surface area contributed by atoms with E-state index in [1.165, 1.54) is 17.4 Å². The molecule has 25 heavy (non-hydrogen) atoms. The van der Waals surface area contributed by atoms with Crippen molar-refractivity contribution in [3.63, 3.8) is 0 Å². The van der Waals surface area contributed by atoms with Crippen LogP contribution in [0.15, 0.2) is 28.5 Å². The first kappa shape index (κ1) is 19.7. The Kier molecular flexibility index (Phi) is 5.45. The summed E-state index contributed by atoms with van der Waals surface area (Å²) in [5.74, 6) is 0.261. The molecule has 0 saturated carbocycles. The number of anilines is 1. The van der Waals surface area contributed by atoms with Gasteiger partial charge in [-0.15, -0.1) is 11.3 Å². The van der Waals surface area contributed by atoms with Gasteiger partial charge in [-0.1, -0.05) is 13.8 Å². The highest BCUT2D eigenvalue weighted by atomic mass is 32.2. The average Bonchev–Trinajstić information content (AvgIpc) is 2.95. The number of nitrogens with zero attached hydrogens (tertiary/aromatic N) is 1. The summed E-state index contributed by atoms with van der Waals surface area (Å²) < 4.78 is 62.2. The van der Waals surface area contributed by atoms with E-state index in [0.29, 0.717) is 5.69 Å². The molecule has 10 heteroatoms. The molecule has 0 aliphatic carbocycles. The molecule has 0 spiro atoms. The lowest BCUT2D eigenvalue weighted by atomic mass is 10.1. The second kappa shape index (κ2) is 6.93. The summed E-state index contributed by atoms with van der Waals surface area (Å²) in [7, 11) is -4.48. The van der Waals surface area contributed by atoms with Crippen molar-refractivity contribution in [1.29, 1.82) is 0 Å². The molecule has 2 rings (SSSR count). The van der Waals surface area contributed by atoms with Gasteiger partial charge in [-0.3, -0.25) is 0 Å². The summed E-state index contributed by atoms with van der Waals surface area (Å²) in [6.07, 6.45) is -4.84. The van der Waals surface area contributed by atoms with Gasteiger partial charge in [-0.2, -0.15) is 13.2 Å². The molecule has 0 amide bonds. The highest BCUT2D eigenvalue weighted by Gasteiger charge is 2.36. The normalized spacial score (nSPS) is 13.9. The molecule has 3 N–H and O–H groups in total. The van der Waals surface area contributed by atoms with Gasteiger partial charge in [0.05, 0.1) is 27.2 Å². The van der Waals surface area contributed by atoms with Crippen LogP contribution in [0.3, 0.4) is 0 Å². The first-order valence-electron chi connectivity index (χ1n) is 7.35. The zero-order valence-corrected chi connectivity index (χ0v) is 15.4. The van der Waals surface area contributed by atoms with E-state index in [1.807, 2.05) is 19.2 Å². The molecule has 1 atom stereocenters. The molecule has 1 unspecified atom stereocenters. The van der Waals surface area contributed by atoms with E-state index in [1.54, 1.807) is 6.92 Å². The van der Waals surface area contributed by atoms with Crippen LogP contribution in [0.4, 0.5) is 18.9 Å². The summed E-state index contributed by atoms with van der Waals surface area (Å²) in [4.78, 5) is 3.50. The Morgan fingerprint density at radius 3 is 2.36 bits per heavy atom. The van der Waals surface area contributed by atoms with Crippen LogP contribution in [-0.2, 0) is 16.2 Å². The van der Waals surface area contributed by atoms with E-state index < -0.39 is 26.7 Å². The third-order valence-corrected chi connectivity index (χ3v) is 5.58. The second-order valence-corrected chi connectivity index (χ2v) is 8.30. The van der Waals surface area contributed by atoms with Crippen LogP contribution in [0, 0.1) is 0 Å². The number of hydrogen-bond acceptors (Lipinski definition) is 5. The van der Waals surface area contributed by atoms with Gasteiger partial charge in [0.15, 0.2) is 0 Å². The molecular formula is C15H18F3N3O2S2. The lowest BCUT2D eigenvalue weighted by Gasteiger charge is -2.17. The maximum atomic E-state index is 13.2. The SMILES string of the molecule is CC(C)c1nc(C(C)Nc2ccc(S(N)(=O)=O)c(C(F)(F)F)c2)cs1. The summed E-state index contributed by atoms with van der Waals surface area (Å²) in [6.45, 7) is 5.77. The molecule has 0 bridgehead atoms. The van der Waals surface area contributed by atoms with Crippen molar-refractivity contribution in [1.82, 2.24) is 4.98 Å². The molecule has 1 aromatic carbocycles. The Morgan fingerprint density at radius 2 is 1.88 bits per heavy atom. The quantitative estimate of drug-likeness (QED) is 0.801. The number of hydrogen-bond donors (Lipinski definition) is 2. The van der Waals surface area contributed by atoms with E-state index in [2.05, 4.69) is 10.3 Å². The second-order valence-electron chi connectivity index (χ2n) is 5.89. The number of halogens is 3. The van der Waals surface area contributed by atoms with Gasteiger partial charge in [0.25, 0.3) is 0 Å². The molecule has 138 valence electrons. The average molecular weight is 393 g/mol. The lowest BCUT2D eigenvalue weighted by Crippen LogP contribution is -2.19. The van der Waals surface area contributed by atoms with Crippen molar-refractivity contribution in [3.8, 4) is 0 Å². The van der Waals surface area contributed by atoms with Gasteiger partial charge in [0.1, 0.15) is 0 Å². The standard InChI is InChI=1S/C15H18F3N3O2S2/c1-8(2)14-21-12(7-24-14)9(3)20-10-4-5-13(25(19,22)23)11(6-10)15(16,17)18/h4-9,20H,1-3H3,(H2,19,22,23). The molecule has 2 aromatic rings. The zero-order valence-electron chi connectivity index (χ0n) is 13.8. The fourth-order valence-electron chi connectivity index (χ4n) is 2.18. The van der Waals surface area contributed by atoms with Gasteiger partial charge < -0.3 is 5.32 Å². The van der Waals surface area contributed by atoms with Crippen LogP contribution in [0.2, 0.25) is 0 Å². The number of alkyl halides is 3. The summed E-state index contributed by atoms with van der Waals surface area (Å²) in [6, 6.07) is 2.51. The Bertz CT molecular complexity index is 861. The van der Waals surface area contributed by atoms with Crippen molar-refractivity contribution in [3.05, 3.63) is 39.8 Å². The van der Waals surface area contributed by atoms with Crippen LogP contribution in [0.25, 0.3) is 0 Å². The number of benzene rings is 1. The fraction of sp³-hybridized carbons (Fsp3) is 0.400. The Labute approximate surface area is 148 Å². The molecule has 0 radical (unpaired) electrons. The number of nitrogens with one attached hydrogen (secondary N) is 1. The van der Waals surface area contributed by atoms with E-state index in [9.17, 15) is 21.6 Å². The predicted octanol–water partition coefficient (Wildman–Crippen LogP) is 4.11. The zero-order chi connectivity index (χ0) is 19.0. The van der Waals surface area contributed by atoms with E-state index in [0.717, 1.165) is 17.1 Å². The molecule has 0 fully saturated rings. The van der Waals surface area contributed by atoms with Gasteiger partial charge >= 0.3 is 6.18 Å². The molecule has 1 heterocycles. The minimum absolute atomic E-state index is 0.131. The van der Waals surface area contributed by atoms with Gasteiger partial charge in [-0.25, -0.2) is 18.5 Å². The number of primary sulfonamides is 1. The summed E-state index contributed by atoms with van der Waals surface area (Å²) >= 11 is 1.48. The van der Waals surface area contributed by atoms with Gasteiger partial charge in [0.2, 0.25) is 10.0 Å². The molecule has 0 aliphatic heterocycles. The molecular weight excluding hydrogens is 375 g/mol. The van der Waals surface area contributed by atoms with Crippen molar-refractivity contribution in [2.45, 2.75) is 43.8 Å². The number of aromatic nitrogens is 1. The van der Waals surface area contributed by atoms with E-state index >= 15 is 0 Å². The minimum Gasteiger partial charge on any atom is -0.377 e. The highest BCUT2D eigenvalue weighted by molar-refractivity contribution is 7.89. The number of thiazole rings is 1. The van der Waals surface area contributed by atoms with E-state index in [-0.39, 0.29) is 17.6 Å². The van der Waals surface area contributed by atoms with Crippen molar-refractivity contribution in [2.75, 3.05) is 5.32 Å². The number of rotatable bonds is 5. The molecule has 1 aromatic heterocycles. The first-order valence-corrected chi connectivity index (χ1v) is 9.78. The van der Waals surface area contributed by atoms with Crippen molar-refractivity contribution in [2.24, 2.45) is 5.14 Å². The van der Waals surface area contributed by atoms with Crippen molar-refractivity contribution < 1.29 is 21.6 Å². The largest absolute Gasteiger partial charge is 0.417 e. The molecule has 0 saturated heterocycles. The minimum atomic E-state index is -4.84. The lowest BCUT2D eigenvalue weighted by molar-refractivity contribution is -0.139. The Hall–Kier alpha value is -1.65. The van der Waals surface area contributed by atoms with Crippen LogP contribution in [0.1, 0.15) is 49.0 Å². The Balaban J connectivity index is 2.33. The summed E-state index contributed by atoms with van der Waals surface area (Å²) in [5, 5.41) is 10.6.